The van der Waals surface area contributed by atoms with Crippen LogP contribution in [0.25, 0.3) is 0 Å². The second-order valence-corrected chi connectivity index (χ2v) is 6.60. The third kappa shape index (κ3) is 3.52. The van der Waals surface area contributed by atoms with Gasteiger partial charge in [-0.2, -0.15) is 0 Å². The minimum atomic E-state index is -0.0963. The average Bonchev–Trinajstić information content (AvgIpc) is 2.96. The van der Waals surface area contributed by atoms with Crippen LogP contribution in [-0.4, -0.2) is 24.4 Å². The van der Waals surface area contributed by atoms with Crippen molar-refractivity contribution in [3.05, 3.63) is 63.6 Å². The Kier molecular flexibility index (Phi) is 4.90. The van der Waals surface area contributed by atoms with Gasteiger partial charge in [0.25, 0.3) is 0 Å². The first-order valence-electron chi connectivity index (χ1n) is 7.58. The molecule has 0 aromatic heterocycles. The fourth-order valence-corrected chi connectivity index (χ4v) is 3.47. The van der Waals surface area contributed by atoms with E-state index in [9.17, 15) is 4.79 Å². The molecule has 0 aliphatic heterocycles. The van der Waals surface area contributed by atoms with Crippen LogP contribution < -0.4 is 5.32 Å². The number of carbonyl (C=O) groups is 1. The Hall–Kier alpha value is -1.55. The molecular formula is C18H18Cl2N2O. The van der Waals surface area contributed by atoms with Gasteiger partial charge in [-0.15, -0.1) is 0 Å². The second-order valence-electron chi connectivity index (χ2n) is 5.82. The SMILES string of the molecule is CN(CC(=O)Nc1cccc(Cl)c1Cl)C1CCc2ccccc21. The lowest BCUT2D eigenvalue weighted by molar-refractivity contribution is -0.117. The summed E-state index contributed by atoms with van der Waals surface area (Å²) in [5.74, 6) is -0.0963. The van der Waals surface area contributed by atoms with E-state index in [4.69, 9.17) is 23.2 Å². The second kappa shape index (κ2) is 6.91. The third-order valence-electron chi connectivity index (χ3n) is 4.25. The fraction of sp³-hybridized carbons (Fsp3) is 0.278. The molecule has 0 heterocycles. The monoisotopic (exact) mass is 348 g/mol. The molecule has 5 heteroatoms. The van der Waals surface area contributed by atoms with Crippen molar-refractivity contribution < 1.29 is 4.79 Å². The van der Waals surface area contributed by atoms with E-state index in [0.29, 0.717) is 22.3 Å². The van der Waals surface area contributed by atoms with E-state index in [-0.39, 0.29) is 11.9 Å². The molecule has 2 aromatic rings. The number of carbonyl (C=O) groups excluding carboxylic acids is 1. The van der Waals surface area contributed by atoms with Crippen molar-refractivity contribution in [3.63, 3.8) is 0 Å². The minimum Gasteiger partial charge on any atom is -0.324 e. The summed E-state index contributed by atoms with van der Waals surface area (Å²) in [6.45, 7) is 0.307. The third-order valence-corrected chi connectivity index (χ3v) is 5.07. The summed E-state index contributed by atoms with van der Waals surface area (Å²) in [6.07, 6.45) is 2.11. The molecule has 120 valence electrons. The highest BCUT2D eigenvalue weighted by Crippen LogP contribution is 2.35. The van der Waals surface area contributed by atoms with Crippen molar-refractivity contribution in [2.45, 2.75) is 18.9 Å². The molecular weight excluding hydrogens is 331 g/mol. The molecule has 0 radical (unpaired) electrons. The first-order valence-corrected chi connectivity index (χ1v) is 8.34. The predicted octanol–water partition coefficient (Wildman–Crippen LogP) is 4.55. The van der Waals surface area contributed by atoms with Crippen LogP contribution in [0.5, 0.6) is 0 Å². The number of anilines is 1. The summed E-state index contributed by atoms with van der Waals surface area (Å²) in [7, 11) is 1.98. The van der Waals surface area contributed by atoms with E-state index in [0.717, 1.165) is 12.8 Å². The summed E-state index contributed by atoms with van der Waals surface area (Å²) in [6, 6.07) is 13.9. The van der Waals surface area contributed by atoms with Crippen molar-refractivity contribution in [1.82, 2.24) is 4.90 Å². The molecule has 1 N–H and O–H groups in total. The number of nitrogens with zero attached hydrogens (tertiary/aromatic N) is 1. The topological polar surface area (TPSA) is 32.3 Å². The lowest BCUT2D eigenvalue weighted by Crippen LogP contribution is -2.32. The standard InChI is InChI=1S/C18H18Cl2N2O/c1-22(16-10-9-12-5-2-3-6-13(12)16)11-17(23)21-15-8-4-7-14(19)18(15)20/h2-8,16H,9-11H2,1H3,(H,21,23). The first kappa shape index (κ1) is 16.3. The van der Waals surface area contributed by atoms with E-state index in [1.54, 1.807) is 18.2 Å². The molecule has 1 atom stereocenters. The lowest BCUT2D eigenvalue weighted by atomic mass is 10.1. The molecule has 23 heavy (non-hydrogen) atoms. The molecule has 0 saturated carbocycles. The predicted molar refractivity (Wildman–Crippen MR) is 95.2 cm³/mol. The minimum absolute atomic E-state index is 0.0963. The Balaban J connectivity index is 1.65. The molecule has 1 aliphatic rings. The van der Waals surface area contributed by atoms with Gasteiger partial charge in [0.05, 0.1) is 22.3 Å². The van der Waals surface area contributed by atoms with Crippen LogP contribution in [0.4, 0.5) is 5.69 Å². The van der Waals surface area contributed by atoms with Crippen LogP contribution in [0.15, 0.2) is 42.5 Å². The highest BCUT2D eigenvalue weighted by Gasteiger charge is 2.26. The number of benzene rings is 2. The molecule has 0 fully saturated rings. The lowest BCUT2D eigenvalue weighted by Gasteiger charge is -2.24. The van der Waals surface area contributed by atoms with Crippen molar-refractivity contribution in [1.29, 1.82) is 0 Å². The first-order chi connectivity index (χ1) is 11.1. The van der Waals surface area contributed by atoms with Gasteiger partial charge < -0.3 is 5.32 Å². The Morgan fingerprint density at radius 1 is 1.22 bits per heavy atom. The number of rotatable bonds is 4. The molecule has 0 bridgehead atoms. The van der Waals surface area contributed by atoms with Gasteiger partial charge in [0.1, 0.15) is 0 Å². The number of nitrogens with one attached hydrogen (secondary N) is 1. The highest BCUT2D eigenvalue weighted by atomic mass is 35.5. The van der Waals surface area contributed by atoms with Crippen molar-refractivity contribution >= 4 is 34.8 Å². The molecule has 0 saturated heterocycles. The number of hydrogen-bond donors (Lipinski definition) is 1. The molecule has 3 rings (SSSR count). The van der Waals surface area contributed by atoms with Gasteiger partial charge in [0.2, 0.25) is 5.91 Å². The van der Waals surface area contributed by atoms with E-state index < -0.39 is 0 Å². The summed E-state index contributed by atoms with van der Waals surface area (Å²) >= 11 is 12.1. The Morgan fingerprint density at radius 2 is 2.00 bits per heavy atom. The number of amides is 1. The number of fused-ring (bicyclic) bond motifs is 1. The maximum Gasteiger partial charge on any atom is 0.238 e. The van der Waals surface area contributed by atoms with Crippen LogP contribution in [0.3, 0.4) is 0 Å². The molecule has 3 nitrogen and oxygen atoms in total. The number of halogens is 2. The van der Waals surface area contributed by atoms with E-state index in [1.807, 2.05) is 7.05 Å². The fourth-order valence-electron chi connectivity index (χ4n) is 3.12. The zero-order valence-corrected chi connectivity index (χ0v) is 14.4. The summed E-state index contributed by atoms with van der Waals surface area (Å²) < 4.78 is 0. The number of hydrogen-bond acceptors (Lipinski definition) is 2. The smallest absolute Gasteiger partial charge is 0.238 e. The average molecular weight is 349 g/mol. The van der Waals surface area contributed by atoms with Gasteiger partial charge in [-0.3, -0.25) is 9.69 Å². The van der Waals surface area contributed by atoms with Crippen LogP contribution in [0, 0.1) is 0 Å². The van der Waals surface area contributed by atoms with Gasteiger partial charge in [0, 0.05) is 6.04 Å². The van der Waals surface area contributed by atoms with E-state index in [2.05, 4.69) is 34.5 Å². The summed E-state index contributed by atoms with van der Waals surface area (Å²) in [5, 5.41) is 3.64. The van der Waals surface area contributed by atoms with Crippen LogP contribution in [0.1, 0.15) is 23.6 Å². The Labute approximate surface area is 146 Å². The quantitative estimate of drug-likeness (QED) is 0.878. The van der Waals surface area contributed by atoms with Gasteiger partial charge in [-0.05, 0) is 43.1 Å². The number of aryl methyl sites for hydroxylation is 1. The molecule has 2 aromatic carbocycles. The van der Waals surface area contributed by atoms with Crippen LogP contribution in [-0.2, 0) is 11.2 Å². The molecule has 1 amide bonds. The largest absolute Gasteiger partial charge is 0.324 e. The van der Waals surface area contributed by atoms with Crippen molar-refractivity contribution in [3.8, 4) is 0 Å². The normalized spacial score (nSPS) is 16.4. The van der Waals surface area contributed by atoms with Crippen molar-refractivity contribution in [2.75, 3.05) is 18.9 Å². The Morgan fingerprint density at radius 3 is 2.83 bits per heavy atom. The van der Waals surface area contributed by atoms with Gasteiger partial charge >= 0.3 is 0 Å². The Bertz CT molecular complexity index is 733. The van der Waals surface area contributed by atoms with Gasteiger partial charge in [0.15, 0.2) is 0 Å². The van der Waals surface area contributed by atoms with Gasteiger partial charge in [-0.1, -0.05) is 53.5 Å². The summed E-state index contributed by atoms with van der Waals surface area (Å²) in [4.78, 5) is 14.4. The van der Waals surface area contributed by atoms with Crippen molar-refractivity contribution in [2.24, 2.45) is 0 Å². The zero-order chi connectivity index (χ0) is 16.4. The maximum absolute atomic E-state index is 12.3. The highest BCUT2D eigenvalue weighted by molar-refractivity contribution is 6.43. The van der Waals surface area contributed by atoms with Crippen LogP contribution in [0.2, 0.25) is 10.0 Å². The molecule has 1 unspecified atom stereocenters. The number of likely N-dealkylation sites (N-methyl/N-ethyl adjacent to an activating group) is 1. The van der Waals surface area contributed by atoms with E-state index >= 15 is 0 Å². The zero-order valence-electron chi connectivity index (χ0n) is 12.9. The van der Waals surface area contributed by atoms with E-state index in [1.165, 1.54) is 11.1 Å². The maximum atomic E-state index is 12.3. The summed E-state index contributed by atoms with van der Waals surface area (Å²) in [5.41, 5.74) is 3.25. The van der Waals surface area contributed by atoms with Crippen LogP contribution >= 0.6 is 23.2 Å². The molecule has 1 aliphatic carbocycles. The van der Waals surface area contributed by atoms with Gasteiger partial charge in [-0.25, -0.2) is 0 Å². The molecule has 0 spiro atoms.